The maximum absolute atomic E-state index is 13.4. The number of halogens is 3. The molecule has 4 rings (SSSR count). The van der Waals surface area contributed by atoms with Crippen LogP contribution in [-0.4, -0.2) is 75.8 Å². The Morgan fingerprint density at radius 3 is 2.46 bits per heavy atom. The molecule has 2 heterocycles. The Labute approximate surface area is 253 Å². The number of ether oxygens (including phenoxy) is 1. The summed E-state index contributed by atoms with van der Waals surface area (Å²) in [7, 11) is 3.96. The van der Waals surface area contributed by atoms with Gasteiger partial charge in [0.25, 0.3) is 5.91 Å². The highest BCUT2D eigenvalue weighted by atomic mass is 35.5. The van der Waals surface area contributed by atoms with Gasteiger partial charge in [0.1, 0.15) is 17.0 Å². The highest BCUT2D eigenvalue weighted by Crippen LogP contribution is 2.38. The van der Waals surface area contributed by atoms with Crippen molar-refractivity contribution in [1.29, 1.82) is 0 Å². The molecule has 0 aliphatic heterocycles. The molecule has 0 atom stereocenters. The van der Waals surface area contributed by atoms with Crippen molar-refractivity contribution in [3.8, 4) is 28.3 Å². The Balaban J connectivity index is 1.74. The number of aliphatic hydroxyl groups is 1. The number of aliphatic hydroxyl groups excluding tert-OH is 1. The quantitative estimate of drug-likeness (QED) is 0.250. The lowest BCUT2D eigenvalue weighted by Crippen LogP contribution is -2.57. The molecule has 0 bridgehead atoms. The Kier molecular flexibility index (Phi) is 10.1. The van der Waals surface area contributed by atoms with Gasteiger partial charge in [0, 0.05) is 23.9 Å². The number of aromatic nitrogens is 2. The summed E-state index contributed by atoms with van der Waals surface area (Å²) in [6.07, 6.45) is 2.41. The lowest BCUT2D eigenvalue weighted by atomic mass is 9.80. The molecule has 0 saturated heterocycles. The van der Waals surface area contributed by atoms with Gasteiger partial charge in [-0.25, -0.2) is 9.78 Å². The number of pyridine rings is 2. The van der Waals surface area contributed by atoms with Crippen LogP contribution in [0.3, 0.4) is 0 Å². The third-order valence-corrected chi connectivity index (χ3v) is 7.78. The van der Waals surface area contributed by atoms with E-state index < -0.39 is 23.5 Å². The first-order valence-electron chi connectivity index (χ1n) is 13.1. The number of hydrogen-bond donors (Lipinski definition) is 3. The molecule has 0 spiro atoms. The van der Waals surface area contributed by atoms with Gasteiger partial charge >= 0.3 is 5.97 Å². The normalized spacial score (nSPS) is 18.8. The largest absolute Gasteiger partial charge is 0.492 e. The van der Waals surface area contributed by atoms with Crippen molar-refractivity contribution in [3.05, 3.63) is 63.4 Å². The van der Waals surface area contributed by atoms with Crippen LogP contribution in [-0.2, 0) is 4.79 Å². The average Bonchev–Trinajstić information content (AvgIpc) is 2.93. The summed E-state index contributed by atoms with van der Waals surface area (Å²) >= 11 is 19.0. The van der Waals surface area contributed by atoms with E-state index in [1.54, 1.807) is 30.3 Å². The van der Waals surface area contributed by atoms with Gasteiger partial charge in [-0.05, 0) is 76.5 Å². The highest BCUT2D eigenvalue weighted by molar-refractivity contribution is 6.36. The molecule has 218 valence electrons. The number of benzene rings is 1. The molecule has 1 fully saturated rings. The van der Waals surface area contributed by atoms with Crippen LogP contribution in [0, 0.1) is 0 Å². The van der Waals surface area contributed by atoms with Crippen molar-refractivity contribution < 1.29 is 24.5 Å². The SMILES string of the molecule is CN(C)CCCOc1cc(-c2nc(C(=O)N[C@]3(C(=O)O)CC[C@@H](O)CC3)ccc2-c2ncc(Cl)cc2Cl)ccc1Cl. The fourth-order valence-corrected chi connectivity index (χ4v) is 5.36. The number of nitrogens with zero attached hydrogens (tertiary/aromatic N) is 3. The van der Waals surface area contributed by atoms with E-state index >= 15 is 0 Å². The molecule has 1 aliphatic rings. The van der Waals surface area contributed by atoms with Crippen LogP contribution in [0.15, 0.2) is 42.6 Å². The molecular formula is C29H31Cl3N4O5. The zero-order valence-electron chi connectivity index (χ0n) is 22.7. The summed E-state index contributed by atoms with van der Waals surface area (Å²) in [4.78, 5) is 36.7. The predicted molar refractivity (Wildman–Crippen MR) is 159 cm³/mol. The van der Waals surface area contributed by atoms with Gasteiger partial charge in [0.2, 0.25) is 0 Å². The molecule has 9 nitrogen and oxygen atoms in total. The highest BCUT2D eigenvalue weighted by Gasteiger charge is 2.43. The monoisotopic (exact) mass is 620 g/mol. The van der Waals surface area contributed by atoms with E-state index in [-0.39, 0.29) is 36.4 Å². The van der Waals surface area contributed by atoms with Crippen LogP contribution in [0.4, 0.5) is 0 Å². The molecule has 1 saturated carbocycles. The van der Waals surface area contributed by atoms with Crippen LogP contribution >= 0.6 is 34.8 Å². The standard InChI is InChI=1S/C29H31Cl3N4O5/c1-36(2)12-3-13-41-24-14-17(4-6-21(24)31)25-20(26-22(32)15-18(30)16-33-26)5-7-23(34-25)27(38)35-29(28(39)40)10-8-19(37)9-11-29/h4-7,14-16,19,37H,3,8-13H2,1-2H3,(H,35,38)(H,39,40)/t19-,29-. The van der Waals surface area contributed by atoms with Crippen molar-refractivity contribution in [2.75, 3.05) is 27.2 Å². The first kappa shape index (κ1) is 31.0. The second-order valence-electron chi connectivity index (χ2n) is 10.3. The second kappa shape index (κ2) is 13.4. The molecule has 0 radical (unpaired) electrons. The topological polar surface area (TPSA) is 125 Å². The first-order valence-corrected chi connectivity index (χ1v) is 14.3. The molecule has 1 aliphatic carbocycles. The molecule has 12 heteroatoms. The van der Waals surface area contributed by atoms with Gasteiger partial charge < -0.3 is 25.2 Å². The van der Waals surface area contributed by atoms with E-state index in [2.05, 4.69) is 20.2 Å². The van der Waals surface area contributed by atoms with Crippen molar-refractivity contribution in [2.24, 2.45) is 0 Å². The summed E-state index contributed by atoms with van der Waals surface area (Å²) < 4.78 is 5.95. The smallest absolute Gasteiger partial charge is 0.329 e. The Morgan fingerprint density at radius 1 is 1.07 bits per heavy atom. The fourth-order valence-electron chi connectivity index (χ4n) is 4.70. The van der Waals surface area contributed by atoms with Gasteiger partial charge in [-0.15, -0.1) is 0 Å². The van der Waals surface area contributed by atoms with Gasteiger partial charge in [0.05, 0.1) is 39.2 Å². The van der Waals surface area contributed by atoms with Gasteiger partial charge in [-0.3, -0.25) is 9.78 Å². The molecule has 2 aromatic heterocycles. The third kappa shape index (κ3) is 7.47. The van der Waals surface area contributed by atoms with Crippen LogP contribution in [0.1, 0.15) is 42.6 Å². The number of carbonyl (C=O) groups excluding carboxylic acids is 1. The second-order valence-corrected chi connectivity index (χ2v) is 11.6. The lowest BCUT2D eigenvalue weighted by Gasteiger charge is -2.35. The zero-order valence-corrected chi connectivity index (χ0v) is 24.9. The van der Waals surface area contributed by atoms with Crippen molar-refractivity contribution in [3.63, 3.8) is 0 Å². The number of amides is 1. The fraction of sp³-hybridized carbons (Fsp3) is 0.379. The lowest BCUT2D eigenvalue weighted by molar-refractivity contribution is -0.146. The third-order valence-electron chi connectivity index (χ3n) is 6.97. The molecule has 1 aromatic carbocycles. The number of aliphatic carboxylic acids is 1. The molecule has 3 N–H and O–H groups in total. The van der Waals surface area contributed by atoms with Gasteiger partial charge in [-0.2, -0.15) is 0 Å². The Bertz CT molecular complexity index is 1430. The van der Waals surface area contributed by atoms with Crippen LogP contribution in [0.25, 0.3) is 22.5 Å². The number of carboxylic acid groups (broad SMARTS) is 1. The predicted octanol–water partition coefficient (Wildman–Crippen LogP) is 5.59. The minimum Gasteiger partial charge on any atom is -0.492 e. The van der Waals surface area contributed by atoms with E-state index in [9.17, 15) is 19.8 Å². The van der Waals surface area contributed by atoms with Crippen molar-refractivity contribution in [1.82, 2.24) is 20.2 Å². The molecule has 0 unspecified atom stereocenters. The number of hydrogen-bond acceptors (Lipinski definition) is 7. The minimum atomic E-state index is -1.49. The van der Waals surface area contributed by atoms with Crippen molar-refractivity contribution in [2.45, 2.75) is 43.7 Å². The van der Waals surface area contributed by atoms with E-state index in [0.717, 1.165) is 13.0 Å². The van der Waals surface area contributed by atoms with Crippen LogP contribution in [0.5, 0.6) is 5.75 Å². The van der Waals surface area contributed by atoms with E-state index in [4.69, 9.17) is 39.5 Å². The van der Waals surface area contributed by atoms with Gasteiger partial charge in [-0.1, -0.05) is 40.9 Å². The zero-order chi connectivity index (χ0) is 29.7. The number of rotatable bonds is 10. The van der Waals surface area contributed by atoms with E-state index in [1.807, 2.05) is 14.1 Å². The molecule has 41 heavy (non-hydrogen) atoms. The average molecular weight is 622 g/mol. The van der Waals surface area contributed by atoms with E-state index in [0.29, 0.717) is 44.9 Å². The summed E-state index contributed by atoms with van der Waals surface area (Å²) in [5.41, 5.74) is 0.390. The summed E-state index contributed by atoms with van der Waals surface area (Å²) in [5.74, 6) is -1.35. The molecule has 1 amide bonds. The maximum Gasteiger partial charge on any atom is 0.329 e. The van der Waals surface area contributed by atoms with Crippen molar-refractivity contribution >= 4 is 46.7 Å². The molecular weight excluding hydrogens is 591 g/mol. The summed E-state index contributed by atoms with van der Waals surface area (Å²) in [6, 6.07) is 9.86. The van der Waals surface area contributed by atoms with Gasteiger partial charge in [0.15, 0.2) is 0 Å². The number of carboxylic acids is 1. The first-order chi connectivity index (χ1) is 19.5. The summed E-state index contributed by atoms with van der Waals surface area (Å²) in [6.45, 7) is 1.29. The van der Waals surface area contributed by atoms with Crippen LogP contribution in [0.2, 0.25) is 15.1 Å². The number of carbonyl (C=O) groups is 2. The Morgan fingerprint density at radius 2 is 1.80 bits per heavy atom. The Hall–Kier alpha value is -2.95. The summed E-state index contributed by atoms with van der Waals surface area (Å²) in [5, 5.41) is 23.6. The maximum atomic E-state index is 13.4. The number of nitrogens with one attached hydrogen (secondary N) is 1. The molecule has 3 aromatic rings. The van der Waals surface area contributed by atoms with Crippen LogP contribution < -0.4 is 10.1 Å². The minimum absolute atomic E-state index is 0.00369. The van der Waals surface area contributed by atoms with E-state index in [1.165, 1.54) is 12.3 Å².